The number of ether oxygens (including phenoxy) is 1. The highest BCUT2D eigenvalue weighted by Gasteiger charge is 2.24. The lowest BCUT2D eigenvalue weighted by Crippen LogP contribution is -2.40. The van der Waals surface area contributed by atoms with Crippen molar-refractivity contribution in [3.63, 3.8) is 0 Å². The minimum absolute atomic E-state index is 0.0973. The Hall–Kier alpha value is -2.73. The van der Waals surface area contributed by atoms with Gasteiger partial charge in [-0.05, 0) is 68.0 Å². The van der Waals surface area contributed by atoms with E-state index in [0.717, 1.165) is 44.6 Å². The normalized spacial score (nSPS) is 14.8. The number of amides is 1. The van der Waals surface area contributed by atoms with Crippen LogP contribution in [0.25, 0.3) is 0 Å². The molecular formula is C26H35N3O3. The molecular weight excluding hydrogens is 402 g/mol. The maximum Gasteiger partial charge on any atom is 0.305 e. The standard InChI is InChI=1S/C26H35N3O3/c1-21-7-3-4-9-24(21)20-28-15-12-22(13-16-28)18-29(19-23-8-6-14-27-17-23)25(30)10-5-11-26(31)32-2/h3-4,6-9,14,17,22H,5,10-13,15-16,18-20H2,1-2H3. The Kier molecular flexibility index (Phi) is 9.23. The fourth-order valence-corrected chi connectivity index (χ4v) is 4.28. The highest BCUT2D eigenvalue weighted by Crippen LogP contribution is 2.22. The molecule has 1 aromatic carbocycles. The van der Waals surface area contributed by atoms with Crippen molar-refractivity contribution in [1.29, 1.82) is 0 Å². The molecule has 0 radical (unpaired) electrons. The number of likely N-dealkylation sites (tertiary alicyclic amines) is 1. The summed E-state index contributed by atoms with van der Waals surface area (Å²) in [6.45, 7) is 6.58. The van der Waals surface area contributed by atoms with Gasteiger partial charge < -0.3 is 9.64 Å². The van der Waals surface area contributed by atoms with Crippen molar-refractivity contribution in [3.05, 3.63) is 65.5 Å². The van der Waals surface area contributed by atoms with Crippen molar-refractivity contribution in [1.82, 2.24) is 14.8 Å². The van der Waals surface area contributed by atoms with Crippen LogP contribution in [0.5, 0.6) is 0 Å². The predicted octanol–water partition coefficient (Wildman–Crippen LogP) is 3.97. The molecule has 1 aliphatic heterocycles. The first-order chi connectivity index (χ1) is 15.5. The molecule has 1 aliphatic rings. The monoisotopic (exact) mass is 437 g/mol. The first-order valence-corrected chi connectivity index (χ1v) is 11.6. The van der Waals surface area contributed by atoms with E-state index in [1.807, 2.05) is 23.2 Å². The fraction of sp³-hybridized carbons (Fsp3) is 0.500. The van der Waals surface area contributed by atoms with Crippen LogP contribution in [0, 0.1) is 12.8 Å². The minimum Gasteiger partial charge on any atom is -0.469 e. The Balaban J connectivity index is 1.54. The first kappa shape index (κ1) is 23.9. The zero-order valence-electron chi connectivity index (χ0n) is 19.3. The van der Waals surface area contributed by atoms with Crippen LogP contribution >= 0.6 is 0 Å². The number of carbonyl (C=O) groups is 2. The number of carbonyl (C=O) groups excluding carboxylic acids is 2. The molecule has 0 N–H and O–H groups in total. The number of nitrogens with zero attached hydrogens (tertiary/aromatic N) is 3. The Morgan fingerprint density at radius 3 is 2.59 bits per heavy atom. The van der Waals surface area contributed by atoms with Crippen LogP contribution in [0.4, 0.5) is 0 Å². The Labute approximate surface area is 191 Å². The van der Waals surface area contributed by atoms with Crippen LogP contribution in [0.1, 0.15) is 48.8 Å². The van der Waals surface area contributed by atoms with Crippen molar-refractivity contribution in [2.75, 3.05) is 26.7 Å². The summed E-state index contributed by atoms with van der Waals surface area (Å²) in [6.07, 6.45) is 6.90. The van der Waals surface area contributed by atoms with E-state index >= 15 is 0 Å². The molecule has 0 unspecified atom stereocenters. The smallest absolute Gasteiger partial charge is 0.305 e. The molecule has 6 heteroatoms. The second-order valence-corrected chi connectivity index (χ2v) is 8.71. The van der Waals surface area contributed by atoms with Gasteiger partial charge in [0.15, 0.2) is 0 Å². The van der Waals surface area contributed by atoms with Crippen LogP contribution in [0.3, 0.4) is 0 Å². The molecule has 172 valence electrons. The molecule has 0 saturated carbocycles. The number of hydrogen-bond donors (Lipinski definition) is 0. The van der Waals surface area contributed by atoms with Gasteiger partial charge in [0.2, 0.25) is 5.91 Å². The van der Waals surface area contributed by atoms with Crippen LogP contribution in [0.2, 0.25) is 0 Å². The van der Waals surface area contributed by atoms with E-state index in [9.17, 15) is 9.59 Å². The molecule has 1 amide bonds. The third-order valence-electron chi connectivity index (χ3n) is 6.29. The minimum atomic E-state index is -0.266. The second-order valence-electron chi connectivity index (χ2n) is 8.71. The van der Waals surface area contributed by atoms with E-state index < -0.39 is 0 Å². The summed E-state index contributed by atoms with van der Waals surface area (Å²) in [4.78, 5) is 33.0. The van der Waals surface area contributed by atoms with Gasteiger partial charge in [-0.1, -0.05) is 30.3 Å². The highest BCUT2D eigenvalue weighted by molar-refractivity contribution is 5.77. The topological polar surface area (TPSA) is 62.7 Å². The van der Waals surface area contributed by atoms with Crippen LogP contribution in [0.15, 0.2) is 48.8 Å². The van der Waals surface area contributed by atoms with Crippen molar-refractivity contribution in [2.24, 2.45) is 5.92 Å². The number of piperidine rings is 1. The van der Waals surface area contributed by atoms with Crippen molar-refractivity contribution >= 4 is 11.9 Å². The summed E-state index contributed by atoms with van der Waals surface area (Å²) >= 11 is 0. The van der Waals surface area contributed by atoms with Gasteiger partial charge in [-0.2, -0.15) is 0 Å². The third-order valence-corrected chi connectivity index (χ3v) is 6.29. The fourth-order valence-electron chi connectivity index (χ4n) is 4.28. The molecule has 1 fully saturated rings. The zero-order chi connectivity index (χ0) is 22.8. The Morgan fingerprint density at radius 2 is 1.91 bits per heavy atom. The van der Waals surface area contributed by atoms with Gasteiger partial charge in [0.05, 0.1) is 7.11 Å². The average Bonchev–Trinajstić information content (AvgIpc) is 2.81. The van der Waals surface area contributed by atoms with Crippen LogP contribution < -0.4 is 0 Å². The third kappa shape index (κ3) is 7.45. The number of aromatic nitrogens is 1. The zero-order valence-corrected chi connectivity index (χ0v) is 19.3. The van der Waals surface area contributed by atoms with Crippen molar-refractivity contribution in [2.45, 2.75) is 52.1 Å². The summed E-state index contributed by atoms with van der Waals surface area (Å²) in [6, 6.07) is 12.5. The van der Waals surface area contributed by atoms with E-state index in [0.29, 0.717) is 25.3 Å². The molecule has 2 heterocycles. The Bertz CT molecular complexity index is 864. The Morgan fingerprint density at radius 1 is 1.12 bits per heavy atom. The molecule has 0 spiro atoms. The molecule has 32 heavy (non-hydrogen) atoms. The number of rotatable bonds is 10. The predicted molar refractivity (Wildman–Crippen MR) is 125 cm³/mol. The largest absolute Gasteiger partial charge is 0.469 e. The number of benzene rings is 1. The summed E-state index contributed by atoms with van der Waals surface area (Å²) in [5, 5.41) is 0. The molecule has 0 atom stereocenters. The highest BCUT2D eigenvalue weighted by atomic mass is 16.5. The molecule has 0 bridgehead atoms. The summed E-state index contributed by atoms with van der Waals surface area (Å²) in [5.74, 6) is 0.321. The lowest BCUT2D eigenvalue weighted by atomic mass is 9.95. The average molecular weight is 438 g/mol. The maximum absolute atomic E-state index is 13.0. The maximum atomic E-state index is 13.0. The summed E-state index contributed by atoms with van der Waals surface area (Å²) < 4.78 is 4.69. The van der Waals surface area contributed by atoms with E-state index in [4.69, 9.17) is 4.74 Å². The molecule has 1 saturated heterocycles. The molecule has 0 aliphatic carbocycles. The van der Waals surface area contributed by atoms with Gasteiger partial charge in [0, 0.05) is 44.9 Å². The summed E-state index contributed by atoms with van der Waals surface area (Å²) in [5.41, 5.74) is 3.77. The number of pyridine rings is 1. The van der Waals surface area contributed by atoms with Gasteiger partial charge in [-0.15, -0.1) is 0 Å². The number of aryl methyl sites for hydroxylation is 1. The van der Waals surface area contributed by atoms with Crippen molar-refractivity contribution in [3.8, 4) is 0 Å². The lowest BCUT2D eigenvalue weighted by molar-refractivity contribution is -0.141. The van der Waals surface area contributed by atoms with Gasteiger partial charge in [-0.25, -0.2) is 0 Å². The molecule has 2 aromatic rings. The summed E-state index contributed by atoms with van der Waals surface area (Å²) in [7, 11) is 1.38. The van der Waals surface area contributed by atoms with Crippen molar-refractivity contribution < 1.29 is 14.3 Å². The van der Waals surface area contributed by atoms with E-state index in [1.165, 1.54) is 18.2 Å². The number of methoxy groups -OCH3 is 1. The van der Waals surface area contributed by atoms with Gasteiger partial charge in [-0.3, -0.25) is 19.5 Å². The van der Waals surface area contributed by atoms with Crippen LogP contribution in [-0.2, 0) is 27.4 Å². The number of hydrogen-bond acceptors (Lipinski definition) is 5. The number of esters is 1. The molecule has 6 nitrogen and oxygen atoms in total. The molecule has 3 rings (SSSR count). The van der Waals surface area contributed by atoms with Gasteiger partial charge in [0.1, 0.15) is 0 Å². The van der Waals surface area contributed by atoms with Crippen LogP contribution in [-0.4, -0.2) is 53.4 Å². The molecule has 1 aromatic heterocycles. The first-order valence-electron chi connectivity index (χ1n) is 11.6. The van der Waals surface area contributed by atoms with Gasteiger partial charge in [0.25, 0.3) is 0 Å². The quantitative estimate of drug-likeness (QED) is 0.526. The van der Waals surface area contributed by atoms with Gasteiger partial charge >= 0.3 is 5.97 Å². The SMILES string of the molecule is COC(=O)CCCC(=O)N(Cc1cccnc1)CC1CCN(Cc2ccccc2C)CC1. The second kappa shape index (κ2) is 12.3. The van der Waals surface area contributed by atoms with E-state index in [1.54, 1.807) is 6.20 Å². The van der Waals surface area contributed by atoms with E-state index in [-0.39, 0.29) is 18.3 Å². The lowest BCUT2D eigenvalue weighted by Gasteiger charge is -2.35. The van der Waals surface area contributed by atoms with E-state index in [2.05, 4.69) is 41.1 Å².